The van der Waals surface area contributed by atoms with Crippen molar-refractivity contribution in [1.82, 2.24) is 5.32 Å². The van der Waals surface area contributed by atoms with Gasteiger partial charge in [-0.1, -0.05) is 87.2 Å². The van der Waals surface area contributed by atoms with Gasteiger partial charge in [0.25, 0.3) is 0 Å². The summed E-state index contributed by atoms with van der Waals surface area (Å²) in [6.45, 7) is 18.5. The number of hydrogen-bond donors (Lipinski definition) is 1. The molecule has 0 saturated carbocycles. The number of ether oxygens (including phenoxy) is 1. The Morgan fingerprint density at radius 2 is 1.82 bits per heavy atom. The predicted octanol–water partition coefficient (Wildman–Crippen LogP) is 9.40. The molecule has 0 fully saturated rings. The number of nitrogens with one attached hydrogen (secondary N) is 1. The van der Waals surface area contributed by atoms with Crippen LogP contribution in [0.2, 0.25) is 0 Å². The van der Waals surface area contributed by atoms with Crippen LogP contribution in [-0.4, -0.2) is 23.7 Å². The van der Waals surface area contributed by atoms with Gasteiger partial charge in [0.1, 0.15) is 5.60 Å². The van der Waals surface area contributed by atoms with Crippen molar-refractivity contribution in [2.24, 2.45) is 10.4 Å². The van der Waals surface area contributed by atoms with Crippen molar-refractivity contribution in [2.45, 2.75) is 84.8 Å². The number of aliphatic imine (C=N–C) groups is 1. The molecule has 214 valence electrons. The van der Waals surface area contributed by atoms with Crippen LogP contribution in [0, 0.1) is 5.41 Å². The topological polar surface area (TPSA) is 50.7 Å². The highest BCUT2D eigenvalue weighted by Gasteiger charge is 2.46. The number of carbonyl (C=O) groups is 1. The van der Waals surface area contributed by atoms with E-state index >= 15 is 0 Å². The van der Waals surface area contributed by atoms with Crippen molar-refractivity contribution >= 4 is 24.1 Å². The summed E-state index contributed by atoms with van der Waals surface area (Å²) in [5.74, 6) is 0.965. The molecular formula is C35H46N2O2S. The summed E-state index contributed by atoms with van der Waals surface area (Å²) in [5.41, 5.74) is 5.06. The lowest BCUT2D eigenvalue weighted by Gasteiger charge is -2.37. The molecule has 0 aliphatic heterocycles. The maximum absolute atomic E-state index is 12.9. The third kappa shape index (κ3) is 8.99. The summed E-state index contributed by atoms with van der Waals surface area (Å²) in [4.78, 5) is 18.6. The van der Waals surface area contributed by atoms with Gasteiger partial charge < -0.3 is 10.1 Å². The van der Waals surface area contributed by atoms with E-state index in [0.29, 0.717) is 0 Å². The first kappa shape index (κ1) is 31.5. The molecule has 40 heavy (non-hydrogen) atoms. The third-order valence-electron chi connectivity index (χ3n) is 7.36. The maximum atomic E-state index is 12.9. The number of benzene rings is 2. The van der Waals surface area contributed by atoms with Gasteiger partial charge in [-0.05, 0) is 87.5 Å². The number of amides is 1. The average molecular weight is 559 g/mol. The first-order chi connectivity index (χ1) is 19.1. The van der Waals surface area contributed by atoms with Gasteiger partial charge in [0.15, 0.2) is 0 Å². The van der Waals surface area contributed by atoms with Crippen LogP contribution >= 0.6 is 11.8 Å². The number of hydrogen-bond acceptors (Lipinski definition) is 4. The van der Waals surface area contributed by atoms with E-state index in [1.807, 2.05) is 46.1 Å². The van der Waals surface area contributed by atoms with Crippen LogP contribution < -0.4 is 5.32 Å². The van der Waals surface area contributed by atoms with E-state index in [9.17, 15) is 4.79 Å². The van der Waals surface area contributed by atoms with Crippen LogP contribution in [0.1, 0.15) is 83.0 Å². The highest BCUT2D eigenvalue weighted by molar-refractivity contribution is 8.03. The van der Waals surface area contributed by atoms with Crippen molar-refractivity contribution in [3.05, 3.63) is 107 Å². The Hall–Kier alpha value is -3.05. The monoisotopic (exact) mass is 558 g/mol. The molecule has 2 aromatic rings. The van der Waals surface area contributed by atoms with E-state index in [1.165, 1.54) is 16.7 Å². The van der Waals surface area contributed by atoms with E-state index in [0.717, 1.165) is 60.5 Å². The van der Waals surface area contributed by atoms with Gasteiger partial charge in [0.05, 0.1) is 11.7 Å². The molecule has 0 aromatic heterocycles. The lowest BCUT2D eigenvalue weighted by molar-refractivity contribution is 0.0434. The highest BCUT2D eigenvalue weighted by Crippen LogP contribution is 2.52. The van der Waals surface area contributed by atoms with Crippen LogP contribution in [0.15, 0.2) is 95.0 Å². The van der Waals surface area contributed by atoms with Crippen LogP contribution in [0.3, 0.4) is 0 Å². The second kappa shape index (κ2) is 14.5. The third-order valence-corrected chi connectivity index (χ3v) is 8.24. The molecule has 5 heteroatoms. The van der Waals surface area contributed by atoms with Gasteiger partial charge in [-0.25, -0.2) is 4.79 Å². The Bertz CT molecular complexity index is 1230. The number of nitrogens with zero attached hydrogens (tertiary/aromatic N) is 1. The summed E-state index contributed by atoms with van der Waals surface area (Å²) in [5, 5.41) is 3.26. The Kier molecular flexibility index (Phi) is 11.4. The Morgan fingerprint density at radius 3 is 2.50 bits per heavy atom. The summed E-state index contributed by atoms with van der Waals surface area (Å²) >= 11 is 1.73. The zero-order chi connectivity index (χ0) is 29.2. The fourth-order valence-electron chi connectivity index (χ4n) is 5.55. The number of carbonyl (C=O) groups excluding carboxylic acids is 1. The number of fused-ring (bicyclic) bond motifs is 1. The van der Waals surface area contributed by atoms with E-state index in [1.54, 1.807) is 11.8 Å². The highest BCUT2D eigenvalue weighted by atomic mass is 32.2. The standard InChI is InChI=1S/C35H46N2O2S/c1-8-21-35(24-29-17-13-14-18-30(29)32(35)37-33(38)39-34(5,6)7)22-19-26(3)31(9-2)36-25-27(4)40-23-20-28-15-11-10-12-16-28/h9-18,25,32H,3-4,8,19-24H2,1-2,5-7H3,(H,37,38)/b31-9-,36-25-/t32-,35?/m1/s1. The van der Waals surface area contributed by atoms with Crippen LogP contribution in [0.4, 0.5) is 4.79 Å². The normalized spacial score (nSPS) is 18.9. The van der Waals surface area contributed by atoms with Gasteiger partial charge in [0.2, 0.25) is 0 Å². The van der Waals surface area contributed by atoms with E-state index in [-0.39, 0.29) is 17.6 Å². The van der Waals surface area contributed by atoms with Crippen LogP contribution in [0.25, 0.3) is 0 Å². The molecule has 1 N–H and O–H groups in total. The predicted molar refractivity (Wildman–Crippen MR) is 172 cm³/mol. The number of rotatable bonds is 13. The fourth-order valence-corrected chi connectivity index (χ4v) is 6.28. The zero-order valence-electron chi connectivity index (χ0n) is 25.0. The molecule has 0 spiro atoms. The van der Waals surface area contributed by atoms with Crippen LogP contribution in [-0.2, 0) is 17.6 Å². The van der Waals surface area contributed by atoms with E-state index in [2.05, 4.69) is 73.9 Å². The fraction of sp³-hybridized carbons (Fsp3) is 0.429. The molecule has 3 rings (SSSR count). The molecule has 1 unspecified atom stereocenters. The summed E-state index contributed by atoms with van der Waals surface area (Å²) in [7, 11) is 0. The van der Waals surface area contributed by atoms with Crippen molar-refractivity contribution in [2.75, 3.05) is 5.75 Å². The average Bonchev–Trinajstić information content (AvgIpc) is 3.20. The SMILES string of the molecule is C=C(/C=N\C(=C/C)C(=C)CCC1(CCC)Cc2ccccc2[C@H]1NC(=O)OC(C)(C)C)SCCc1ccccc1. The van der Waals surface area contributed by atoms with Gasteiger partial charge in [-0.2, -0.15) is 0 Å². The molecule has 2 atom stereocenters. The molecule has 1 aliphatic carbocycles. The molecule has 1 aliphatic rings. The Labute approximate surface area is 246 Å². The summed E-state index contributed by atoms with van der Waals surface area (Å²) in [6.07, 6.45) is 9.16. The summed E-state index contributed by atoms with van der Waals surface area (Å²) in [6, 6.07) is 18.9. The van der Waals surface area contributed by atoms with Crippen molar-refractivity contribution in [1.29, 1.82) is 0 Å². The second-order valence-electron chi connectivity index (χ2n) is 11.7. The maximum Gasteiger partial charge on any atom is 0.408 e. The largest absolute Gasteiger partial charge is 0.444 e. The Morgan fingerprint density at radius 1 is 1.12 bits per heavy atom. The first-order valence-corrected chi connectivity index (χ1v) is 15.4. The zero-order valence-corrected chi connectivity index (χ0v) is 25.8. The minimum absolute atomic E-state index is 0.107. The van der Waals surface area contributed by atoms with E-state index < -0.39 is 5.60 Å². The number of alkyl carbamates (subject to hydrolysis) is 1. The Balaban J connectivity index is 1.66. The molecule has 0 heterocycles. The molecule has 0 saturated heterocycles. The second-order valence-corrected chi connectivity index (χ2v) is 12.9. The molecule has 0 radical (unpaired) electrons. The molecule has 1 amide bonds. The van der Waals surface area contributed by atoms with Crippen molar-refractivity contribution < 1.29 is 9.53 Å². The molecule has 0 bridgehead atoms. The lowest BCUT2D eigenvalue weighted by Crippen LogP contribution is -2.41. The number of aryl methyl sites for hydroxylation is 1. The van der Waals surface area contributed by atoms with Gasteiger partial charge >= 0.3 is 6.09 Å². The van der Waals surface area contributed by atoms with Gasteiger partial charge in [-0.15, -0.1) is 11.8 Å². The van der Waals surface area contributed by atoms with Gasteiger partial charge in [0, 0.05) is 16.9 Å². The number of thioether (sulfide) groups is 1. The minimum Gasteiger partial charge on any atom is -0.444 e. The molecular weight excluding hydrogens is 512 g/mol. The van der Waals surface area contributed by atoms with Crippen molar-refractivity contribution in [3.63, 3.8) is 0 Å². The number of allylic oxidation sites excluding steroid dienone is 3. The van der Waals surface area contributed by atoms with Crippen LogP contribution in [0.5, 0.6) is 0 Å². The quantitative estimate of drug-likeness (QED) is 0.197. The lowest BCUT2D eigenvalue weighted by atomic mass is 9.72. The minimum atomic E-state index is -0.549. The molecule has 4 nitrogen and oxygen atoms in total. The molecule has 2 aromatic carbocycles. The smallest absolute Gasteiger partial charge is 0.408 e. The van der Waals surface area contributed by atoms with Crippen molar-refractivity contribution in [3.8, 4) is 0 Å². The summed E-state index contributed by atoms with van der Waals surface area (Å²) < 4.78 is 5.67. The van der Waals surface area contributed by atoms with Gasteiger partial charge in [-0.3, -0.25) is 4.99 Å². The van der Waals surface area contributed by atoms with E-state index in [4.69, 9.17) is 9.73 Å². The first-order valence-electron chi connectivity index (χ1n) is 14.4.